The Morgan fingerprint density at radius 1 is 1.32 bits per heavy atom. The number of benzene rings is 1. The number of anilines is 1. The first kappa shape index (κ1) is 14.9. The van der Waals surface area contributed by atoms with Crippen molar-refractivity contribution in [2.75, 3.05) is 5.32 Å². The molecule has 0 saturated carbocycles. The molecule has 0 bridgehead atoms. The SMILES string of the molecule is Fc1cc(Br)c(NC(=S)NCc2cccs2)c(Br)c1. The molecule has 0 aliphatic rings. The second-order valence-electron chi connectivity index (χ2n) is 3.63. The van der Waals surface area contributed by atoms with Gasteiger partial charge in [-0.15, -0.1) is 11.3 Å². The summed E-state index contributed by atoms with van der Waals surface area (Å²) in [6, 6.07) is 6.79. The Balaban J connectivity index is 1.99. The van der Waals surface area contributed by atoms with Crippen LogP contribution in [-0.4, -0.2) is 5.11 Å². The van der Waals surface area contributed by atoms with Gasteiger partial charge in [-0.05, 0) is 67.7 Å². The average Bonchev–Trinajstić information content (AvgIpc) is 2.84. The number of rotatable bonds is 3. The van der Waals surface area contributed by atoms with Gasteiger partial charge in [-0.3, -0.25) is 0 Å². The molecule has 7 heteroatoms. The second-order valence-corrected chi connectivity index (χ2v) is 6.78. The second kappa shape index (κ2) is 6.78. The maximum absolute atomic E-state index is 13.1. The molecule has 0 radical (unpaired) electrons. The largest absolute Gasteiger partial charge is 0.358 e. The van der Waals surface area contributed by atoms with Gasteiger partial charge in [-0.2, -0.15) is 0 Å². The highest BCUT2D eigenvalue weighted by molar-refractivity contribution is 9.11. The van der Waals surface area contributed by atoms with E-state index in [1.807, 2.05) is 17.5 Å². The van der Waals surface area contributed by atoms with Crippen LogP contribution in [0.5, 0.6) is 0 Å². The molecule has 0 saturated heterocycles. The number of nitrogens with one attached hydrogen (secondary N) is 2. The molecule has 19 heavy (non-hydrogen) atoms. The van der Waals surface area contributed by atoms with E-state index in [4.69, 9.17) is 12.2 Å². The first-order valence-corrected chi connectivity index (χ1v) is 8.15. The Morgan fingerprint density at radius 3 is 2.58 bits per heavy atom. The molecule has 2 nitrogen and oxygen atoms in total. The molecule has 0 amide bonds. The molecule has 0 atom stereocenters. The van der Waals surface area contributed by atoms with Crippen LogP contribution in [0.1, 0.15) is 4.88 Å². The van der Waals surface area contributed by atoms with E-state index in [0.29, 0.717) is 26.3 Å². The number of thiophene rings is 1. The number of halogens is 3. The van der Waals surface area contributed by atoms with Gasteiger partial charge in [0.2, 0.25) is 0 Å². The van der Waals surface area contributed by atoms with Gasteiger partial charge >= 0.3 is 0 Å². The van der Waals surface area contributed by atoms with Crippen LogP contribution >= 0.6 is 55.4 Å². The summed E-state index contributed by atoms with van der Waals surface area (Å²) in [7, 11) is 0. The lowest BCUT2D eigenvalue weighted by molar-refractivity contribution is 0.626. The van der Waals surface area contributed by atoms with Crippen molar-refractivity contribution >= 4 is 66.2 Å². The lowest BCUT2D eigenvalue weighted by atomic mass is 10.3. The molecule has 1 aromatic heterocycles. The fourth-order valence-corrected chi connectivity index (χ4v) is 3.55. The van der Waals surface area contributed by atoms with Gasteiger partial charge < -0.3 is 10.6 Å². The van der Waals surface area contributed by atoms with Crippen LogP contribution in [0.15, 0.2) is 38.6 Å². The van der Waals surface area contributed by atoms with Gasteiger partial charge in [0.15, 0.2) is 5.11 Å². The summed E-state index contributed by atoms with van der Waals surface area (Å²) >= 11 is 13.5. The Morgan fingerprint density at radius 2 is 2.00 bits per heavy atom. The molecule has 0 spiro atoms. The van der Waals surface area contributed by atoms with Gasteiger partial charge in [0.05, 0.1) is 12.2 Å². The zero-order chi connectivity index (χ0) is 13.8. The van der Waals surface area contributed by atoms with E-state index in [9.17, 15) is 4.39 Å². The Bertz CT molecular complexity index is 564. The van der Waals surface area contributed by atoms with Crippen molar-refractivity contribution in [2.45, 2.75) is 6.54 Å². The topological polar surface area (TPSA) is 24.1 Å². The first-order valence-electron chi connectivity index (χ1n) is 5.28. The maximum atomic E-state index is 13.1. The Kier molecular flexibility index (Phi) is 5.32. The molecule has 1 aromatic carbocycles. The van der Waals surface area contributed by atoms with Gasteiger partial charge in [-0.1, -0.05) is 6.07 Å². The third-order valence-electron chi connectivity index (χ3n) is 2.25. The van der Waals surface area contributed by atoms with E-state index in [1.165, 1.54) is 17.0 Å². The monoisotopic (exact) mass is 422 g/mol. The van der Waals surface area contributed by atoms with Gasteiger partial charge in [0.1, 0.15) is 5.82 Å². The molecule has 2 rings (SSSR count). The van der Waals surface area contributed by atoms with E-state index >= 15 is 0 Å². The van der Waals surface area contributed by atoms with Crippen molar-refractivity contribution < 1.29 is 4.39 Å². The quantitative estimate of drug-likeness (QED) is 0.686. The molecule has 100 valence electrons. The van der Waals surface area contributed by atoms with Crippen LogP contribution in [0.4, 0.5) is 10.1 Å². The lowest BCUT2D eigenvalue weighted by Crippen LogP contribution is -2.27. The summed E-state index contributed by atoms with van der Waals surface area (Å²) < 4.78 is 14.4. The average molecular weight is 424 g/mol. The molecular formula is C12H9Br2FN2S2. The minimum atomic E-state index is -0.318. The highest BCUT2D eigenvalue weighted by atomic mass is 79.9. The van der Waals surface area contributed by atoms with Crippen molar-refractivity contribution in [1.82, 2.24) is 5.32 Å². The zero-order valence-electron chi connectivity index (χ0n) is 9.54. The van der Waals surface area contributed by atoms with Crippen LogP contribution in [0.25, 0.3) is 0 Å². The molecule has 0 aliphatic carbocycles. The van der Waals surface area contributed by atoms with Crippen molar-refractivity contribution in [3.63, 3.8) is 0 Å². The predicted octanol–water partition coefficient (Wildman–Crippen LogP) is 4.90. The summed E-state index contributed by atoms with van der Waals surface area (Å²) in [6.07, 6.45) is 0. The summed E-state index contributed by atoms with van der Waals surface area (Å²) in [5.41, 5.74) is 0.699. The molecule has 2 aromatic rings. The van der Waals surface area contributed by atoms with E-state index in [0.717, 1.165) is 0 Å². The van der Waals surface area contributed by atoms with Gasteiger partial charge in [0, 0.05) is 13.8 Å². The zero-order valence-corrected chi connectivity index (χ0v) is 14.3. The molecule has 0 fully saturated rings. The third-order valence-corrected chi connectivity index (χ3v) is 4.62. The molecule has 1 heterocycles. The number of hydrogen-bond donors (Lipinski definition) is 2. The van der Waals surface area contributed by atoms with E-state index in [2.05, 4.69) is 42.5 Å². The molecule has 0 aliphatic heterocycles. The van der Waals surface area contributed by atoms with Crippen LogP contribution < -0.4 is 10.6 Å². The summed E-state index contributed by atoms with van der Waals surface area (Å²) in [6.45, 7) is 0.667. The van der Waals surface area contributed by atoms with Crippen LogP contribution in [-0.2, 0) is 6.54 Å². The van der Waals surface area contributed by atoms with Crippen LogP contribution in [0.2, 0.25) is 0 Å². The van der Waals surface area contributed by atoms with Gasteiger partial charge in [-0.25, -0.2) is 4.39 Å². The number of thiocarbonyl (C=S) groups is 1. The minimum Gasteiger partial charge on any atom is -0.358 e. The van der Waals surface area contributed by atoms with E-state index < -0.39 is 0 Å². The van der Waals surface area contributed by atoms with Crippen LogP contribution in [0, 0.1) is 5.82 Å². The normalized spacial score (nSPS) is 10.3. The number of hydrogen-bond acceptors (Lipinski definition) is 2. The maximum Gasteiger partial charge on any atom is 0.171 e. The summed E-state index contributed by atoms with van der Waals surface area (Å²) in [4.78, 5) is 1.20. The molecule has 2 N–H and O–H groups in total. The molecule has 0 unspecified atom stereocenters. The highest BCUT2D eigenvalue weighted by Gasteiger charge is 2.09. The van der Waals surface area contributed by atoms with Gasteiger partial charge in [0.25, 0.3) is 0 Å². The Hall–Kier alpha value is -0.500. The fraction of sp³-hybridized carbons (Fsp3) is 0.0833. The standard InChI is InChI=1S/C12H9Br2FN2S2/c13-9-4-7(15)5-10(14)11(9)17-12(18)16-6-8-2-1-3-19-8/h1-5H,6H2,(H2,16,17,18). The van der Waals surface area contributed by atoms with Crippen molar-refractivity contribution in [3.8, 4) is 0 Å². The highest BCUT2D eigenvalue weighted by Crippen LogP contribution is 2.31. The van der Waals surface area contributed by atoms with Crippen molar-refractivity contribution in [3.05, 3.63) is 49.3 Å². The van der Waals surface area contributed by atoms with E-state index in [1.54, 1.807) is 11.3 Å². The van der Waals surface area contributed by atoms with Crippen molar-refractivity contribution in [1.29, 1.82) is 0 Å². The third kappa shape index (κ3) is 4.24. The van der Waals surface area contributed by atoms with Crippen LogP contribution in [0.3, 0.4) is 0 Å². The van der Waals surface area contributed by atoms with Crippen molar-refractivity contribution in [2.24, 2.45) is 0 Å². The fourth-order valence-electron chi connectivity index (χ4n) is 1.40. The summed E-state index contributed by atoms with van der Waals surface area (Å²) in [5, 5.41) is 8.63. The lowest BCUT2D eigenvalue weighted by Gasteiger charge is -2.13. The Labute approximate surface area is 136 Å². The predicted molar refractivity (Wildman–Crippen MR) is 89.2 cm³/mol. The smallest absolute Gasteiger partial charge is 0.171 e. The molecular weight excluding hydrogens is 415 g/mol. The first-order chi connectivity index (χ1) is 9.06. The minimum absolute atomic E-state index is 0.318. The summed E-state index contributed by atoms with van der Waals surface area (Å²) in [5.74, 6) is -0.318. The van der Waals surface area contributed by atoms with E-state index in [-0.39, 0.29) is 5.82 Å².